The van der Waals surface area contributed by atoms with Gasteiger partial charge in [0.15, 0.2) is 16.5 Å². The van der Waals surface area contributed by atoms with Crippen LogP contribution in [0.15, 0.2) is 39.6 Å². The predicted molar refractivity (Wildman–Crippen MR) is 87.0 cm³/mol. The number of halogens is 1. The zero-order valence-electron chi connectivity index (χ0n) is 11.3. The molecule has 6 nitrogen and oxygen atoms in total. The Labute approximate surface area is 139 Å². The number of aliphatic hydroxyl groups excluding tert-OH is 1. The van der Waals surface area contributed by atoms with E-state index in [9.17, 15) is 5.11 Å². The first kappa shape index (κ1) is 14.1. The lowest BCUT2D eigenvalue weighted by Gasteiger charge is -2.15. The normalized spacial score (nSPS) is 16.8. The molecule has 0 spiro atoms. The number of rotatable bonds is 1. The molecule has 22 heavy (non-hydrogen) atoms. The van der Waals surface area contributed by atoms with Gasteiger partial charge in [-0.05, 0) is 30.2 Å². The van der Waals surface area contributed by atoms with E-state index in [4.69, 9.17) is 11.6 Å². The number of para-hydroxylation sites is 2. The summed E-state index contributed by atoms with van der Waals surface area (Å²) in [5.74, 6) is 0. The van der Waals surface area contributed by atoms with Crippen molar-refractivity contribution in [2.45, 2.75) is 21.6 Å². The van der Waals surface area contributed by atoms with Crippen LogP contribution >= 0.6 is 35.1 Å². The topological polar surface area (TPSA) is 75.9 Å². The molecule has 2 N–H and O–H groups in total. The van der Waals surface area contributed by atoms with Crippen molar-refractivity contribution in [1.82, 2.24) is 19.6 Å². The molecular formula is C13H10ClN5OS2. The standard InChI is InChI=1S/C13H10ClN5OS2/c1-21-12-16-9(14)8-10(20)18-19-7-5-3-2-4-6(7)15-13(19)22-11(8)17-12/h2-5,10,18,20H,1H3. The Balaban J connectivity index is 1.93. The fraction of sp³-hybridized carbons (Fsp3) is 0.154. The lowest BCUT2D eigenvalue weighted by molar-refractivity contribution is 0.187. The van der Waals surface area contributed by atoms with E-state index in [1.165, 1.54) is 23.5 Å². The summed E-state index contributed by atoms with van der Waals surface area (Å²) in [4.78, 5) is 13.2. The Bertz CT molecular complexity index is 884. The molecule has 4 rings (SSSR count). The van der Waals surface area contributed by atoms with Crippen LogP contribution in [0.1, 0.15) is 11.8 Å². The average molecular weight is 352 g/mol. The van der Waals surface area contributed by atoms with Gasteiger partial charge in [0.1, 0.15) is 10.2 Å². The SMILES string of the molecule is CSc1nc(Cl)c2c(n1)Sc1nc3ccccc3n1NC2O. The fourth-order valence-electron chi connectivity index (χ4n) is 2.27. The minimum absolute atomic E-state index is 0.247. The maximum absolute atomic E-state index is 10.5. The van der Waals surface area contributed by atoms with Crippen LogP contribution < -0.4 is 5.43 Å². The minimum atomic E-state index is -1.01. The Morgan fingerprint density at radius 2 is 2.14 bits per heavy atom. The van der Waals surface area contributed by atoms with Crippen molar-refractivity contribution in [3.05, 3.63) is 35.0 Å². The molecule has 0 radical (unpaired) electrons. The number of thioether (sulfide) groups is 1. The van der Waals surface area contributed by atoms with E-state index in [1.54, 1.807) is 4.68 Å². The number of aromatic nitrogens is 4. The van der Waals surface area contributed by atoms with Gasteiger partial charge in [-0.2, -0.15) is 0 Å². The maximum atomic E-state index is 10.5. The summed E-state index contributed by atoms with van der Waals surface area (Å²) in [5, 5.41) is 12.6. The summed E-state index contributed by atoms with van der Waals surface area (Å²) >= 11 is 8.97. The van der Waals surface area contributed by atoms with Gasteiger partial charge in [-0.25, -0.2) is 19.6 Å². The van der Waals surface area contributed by atoms with Crippen LogP contribution in [0.2, 0.25) is 5.15 Å². The molecule has 112 valence electrons. The number of nitrogens with zero attached hydrogens (tertiary/aromatic N) is 4. The van der Waals surface area contributed by atoms with Crippen molar-refractivity contribution in [1.29, 1.82) is 0 Å². The number of benzene rings is 1. The van der Waals surface area contributed by atoms with Crippen molar-refractivity contribution < 1.29 is 5.11 Å². The third-order valence-corrected chi connectivity index (χ3v) is 5.07. The molecule has 0 fully saturated rings. The molecule has 1 aliphatic rings. The van der Waals surface area contributed by atoms with E-state index in [1.807, 2.05) is 30.5 Å². The van der Waals surface area contributed by atoms with Crippen LogP contribution in [0.5, 0.6) is 0 Å². The monoisotopic (exact) mass is 351 g/mol. The third-order valence-electron chi connectivity index (χ3n) is 3.27. The maximum Gasteiger partial charge on any atom is 0.194 e. The molecule has 2 aromatic heterocycles. The predicted octanol–water partition coefficient (Wildman–Crippen LogP) is 2.90. The number of fused-ring (bicyclic) bond motifs is 4. The van der Waals surface area contributed by atoms with E-state index >= 15 is 0 Å². The number of hydrogen-bond acceptors (Lipinski definition) is 7. The lowest BCUT2D eigenvalue weighted by atomic mass is 10.3. The molecule has 9 heteroatoms. The van der Waals surface area contributed by atoms with Crippen molar-refractivity contribution in [2.75, 3.05) is 11.7 Å². The quantitative estimate of drug-likeness (QED) is 0.396. The van der Waals surface area contributed by atoms with Gasteiger partial charge in [-0.1, -0.05) is 35.5 Å². The Morgan fingerprint density at radius 3 is 2.95 bits per heavy atom. The minimum Gasteiger partial charge on any atom is -0.368 e. The van der Waals surface area contributed by atoms with Crippen LogP contribution in [0.25, 0.3) is 11.0 Å². The van der Waals surface area contributed by atoms with Crippen LogP contribution in [-0.2, 0) is 0 Å². The van der Waals surface area contributed by atoms with Crippen LogP contribution in [0, 0.1) is 0 Å². The molecule has 0 bridgehead atoms. The summed E-state index contributed by atoms with van der Waals surface area (Å²) < 4.78 is 1.75. The third kappa shape index (κ3) is 2.14. The van der Waals surface area contributed by atoms with Crippen molar-refractivity contribution in [3.8, 4) is 0 Å². The highest BCUT2D eigenvalue weighted by molar-refractivity contribution is 7.99. The van der Waals surface area contributed by atoms with Gasteiger partial charge in [-0.3, -0.25) is 5.43 Å². The van der Waals surface area contributed by atoms with E-state index in [2.05, 4.69) is 20.4 Å². The summed E-state index contributed by atoms with van der Waals surface area (Å²) in [6.45, 7) is 0. The molecule has 3 heterocycles. The number of nitrogens with one attached hydrogen (secondary N) is 1. The molecule has 1 aliphatic heterocycles. The van der Waals surface area contributed by atoms with Crippen molar-refractivity contribution in [3.63, 3.8) is 0 Å². The smallest absolute Gasteiger partial charge is 0.194 e. The molecule has 1 atom stereocenters. The summed E-state index contributed by atoms with van der Waals surface area (Å²) in [5.41, 5.74) is 5.20. The highest BCUT2D eigenvalue weighted by Gasteiger charge is 2.27. The molecule has 0 aliphatic carbocycles. The van der Waals surface area contributed by atoms with Crippen molar-refractivity contribution in [2.24, 2.45) is 0 Å². The second-order valence-electron chi connectivity index (χ2n) is 4.57. The highest BCUT2D eigenvalue weighted by atomic mass is 35.5. The van der Waals surface area contributed by atoms with E-state index < -0.39 is 6.23 Å². The molecule has 0 amide bonds. The second kappa shape index (κ2) is 5.31. The molecule has 0 saturated carbocycles. The summed E-state index contributed by atoms with van der Waals surface area (Å²) in [7, 11) is 0. The van der Waals surface area contributed by atoms with Gasteiger partial charge in [0, 0.05) is 0 Å². The van der Waals surface area contributed by atoms with Gasteiger partial charge in [-0.15, -0.1) is 0 Å². The second-order valence-corrected chi connectivity index (χ2v) is 6.66. The number of imidazole rings is 1. The van der Waals surface area contributed by atoms with Crippen molar-refractivity contribution >= 4 is 46.2 Å². The zero-order valence-corrected chi connectivity index (χ0v) is 13.7. The van der Waals surface area contributed by atoms with Gasteiger partial charge in [0.05, 0.1) is 16.6 Å². The number of aliphatic hydroxyl groups is 1. The van der Waals surface area contributed by atoms with Crippen LogP contribution in [0.3, 0.4) is 0 Å². The molecular weight excluding hydrogens is 342 g/mol. The summed E-state index contributed by atoms with van der Waals surface area (Å²) in [6, 6.07) is 7.71. The average Bonchev–Trinajstić information content (AvgIpc) is 2.77. The molecule has 1 aromatic carbocycles. The van der Waals surface area contributed by atoms with Gasteiger partial charge < -0.3 is 5.11 Å². The Kier molecular flexibility index (Phi) is 3.41. The number of hydrogen-bond donors (Lipinski definition) is 2. The van der Waals surface area contributed by atoms with E-state index in [0.29, 0.717) is 20.9 Å². The molecule has 3 aromatic rings. The largest absolute Gasteiger partial charge is 0.368 e. The zero-order chi connectivity index (χ0) is 15.3. The molecule has 0 saturated heterocycles. The van der Waals surface area contributed by atoms with Crippen LogP contribution in [0.4, 0.5) is 0 Å². The first-order chi connectivity index (χ1) is 10.7. The first-order valence-electron chi connectivity index (χ1n) is 6.38. The Hall–Kier alpha value is -1.48. The summed E-state index contributed by atoms with van der Waals surface area (Å²) in [6.07, 6.45) is 0.869. The van der Waals surface area contributed by atoms with Crippen LogP contribution in [-0.4, -0.2) is 31.0 Å². The van der Waals surface area contributed by atoms with Gasteiger partial charge in [0.2, 0.25) is 0 Å². The Morgan fingerprint density at radius 1 is 1.32 bits per heavy atom. The lowest BCUT2D eigenvalue weighted by Crippen LogP contribution is -2.20. The van der Waals surface area contributed by atoms with E-state index in [-0.39, 0.29) is 5.15 Å². The van der Waals surface area contributed by atoms with Gasteiger partial charge >= 0.3 is 0 Å². The first-order valence-corrected chi connectivity index (χ1v) is 8.80. The van der Waals surface area contributed by atoms with Gasteiger partial charge in [0.25, 0.3) is 0 Å². The fourth-order valence-corrected chi connectivity index (χ4v) is 4.09. The molecule has 1 unspecified atom stereocenters. The highest BCUT2D eigenvalue weighted by Crippen LogP contribution is 2.39. The van der Waals surface area contributed by atoms with E-state index in [0.717, 1.165) is 11.0 Å².